The molecule has 0 spiro atoms. The van der Waals surface area contributed by atoms with E-state index in [9.17, 15) is 0 Å². The minimum atomic E-state index is 0.838. The SMILES string of the molecule is BrCc1cccc(Br)c1OCCC1CCCCC1. The average Bonchev–Trinajstić information content (AvgIpc) is 2.41. The van der Waals surface area contributed by atoms with E-state index < -0.39 is 0 Å². The van der Waals surface area contributed by atoms with Gasteiger partial charge in [0.15, 0.2) is 0 Å². The first kappa shape index (κ1) is 14.4. The van der Waals surface area contributed by atoms with Crippen molar-refractivity contribution < 1.29 is 4.74 Å². The van der Waals surface area contributed by atoms with E-state index in [0.717, 1.165) is 28.1 Å². The van der Waals surface area contributed by atoms with Gasteiger partial charge in [0.2, 0.25) is 0 Å². The van der Waals surface area contributed by atoms with Gasteiger partial charge in [-0.05, 0) is 34.3 Å². The van der Waals surface area contributed by atoms with Gasteiger partial charge in [0.1, 0.15) is 5.75 Å². The van der Waals surface area contributed by atoms with Crippen molar-refractivity contribution in [1.29, 1.82) is 0 Å². The zero-order chi connectivity index (χ0) is 12.8. The molecule has 1 nitrogen and oxygen atoms in total. The van der Waals surface area contributed by atoms with Crippen molar-refractivity contribution in [3.05, 3.63) is 28.2 Å². The van der Waals surface area contributed by atoms with Gasteiger partial charge < -0.3 is 4.74 Å². The molecule has 0 atom stereocenters. The fraction of sp³-hybridized carbons (Fsp3) is 0.600. The molecule has 100 valence electrons. The maximum atomic E-state index is 5.98. The van der Waals surface area contributed by atoms with Crippen LogP contribution in [0.1, 0.15) is 44.1 Å². The summed E-state index contributed by atoms with van der Waals surface area (Å²) in [4.78, 5) is 0. The lowest BCUT2D eigenvalue weighted by molar-refractivity contribution is 0.244. The molecule has 0 radical (unpaired) electrons. The van der Waals surface area contributed by atoms with Crippen LogP contribution in [0.15, 0.2) is 22.7 Å². The molecule has 0 N–H and O–H groups in total. The third kappa shape index (κ3) is 3.99. The molecule has 0 aromatic heterocycles. The fourth-order valence-corrected chi connectivity index (χ4v) is 3.59. The first-order valence-electron chi connectivity index (χ1n) is 6.77. The minimum absolute atomic E-state index is 0.838. The maximum Gasteiger partial charge on any atom is 0.137 e. The van der Waals surface area contributed by atoms with Crippen molar-refractivity contribution in [2.24, 2.45) is 5.92 Å². The lowest BCUT2D eigenvalue weighted by Crippen LogP contribution is -2.11. The van der Waals surface area contributed by atoms with Gasteiger partial charge in [0.05, 0.1) is 11.1 Å². The molecule has 2 rings (SSSR count). The lowest BCUT2D eigenvalue weighted by Gasteiger charge is -2.22. The normalized spacial score (nSPS) is 16.8. The van der Waals surface area contributed by atoms with Crippen LogP contribution in [0.3, 0.4) is 0 Å². The van der Waals surface area contributed by atoms with E-state index >= 15 is 0 Å². The van der Waals surface area contributed by atoms with E-state index in [4.69, 9.17) is 4.74 Å². The highest BCUT2D eigenvalue weighted by atomic mass is 79.9. The van der Waals surface area contributed by atoms with Crippen molar-refractivity contribution in [3.63, 3.8) is 0 Å². The second-order valence-electron chi connectivity index (χ2n) is 5.00. The molecule has 3 heteroatoms. The quantitative estimate of drug-likeness (QED) is 0.600. The number of para-hydroxylation sites is 1. The first-order valence-corrected chi connectivity index (χ1v) is 8.69. The second kappa shape index (κ2) is 7.54. The van der Waals surface area contributed by atoms with Gasteiger partial charge in [-0.25, -0.2) is 0 Å². The molecule has 0 amide bonds. The summed E-state index contributed by atoms with van der Waals surface area (Å²) in [6.45, 7) is 0.841. The van der Waals surface area contributed by atoms with Gasteiger partial charge in [-0.15, -0.1) is 0 Å². The average molecular weight is 376 g/mol. The van der Waals surface area contributed by atoms with Crippen molar-refractivity contribution in [1.82, 2.24) is 0 Å². The summed E-state index contributed by atoms with van der Waals surface area (Å²) in [5.41, 5.74) is 1.22. The van der Waals surface area contributed by atoms with Crippen LogP contribution in [0.2, 0.25) is 0 Å². The summed E-state index contributed by atoms with van der Waals surface area (Å²) in [5.74, 6) is 1.89. The standard InChI is InChI=1S/C15H20Br2O/c16-11-13-7-4-8-14(17)15(13)18-10-9-12-5-2-1-3-6-12/h4,7-8,12H,1-3,5-6,9-11H2. The molecule has 0 unspecified atom stereocenters. The van der Waals surface area contributed by atoms with Crippen molar-refractivity contribution in [3.8, 4) is 5.75 Å². The lowest BCUT2D eigenvalue weighted by atomic mass is 9.87. The molecule has 0 saturated heterocycles. The number of benzene rings is 1. The molecule has 1 aromatic rings. The largest absolute Gasteiger partial charge is 0.492 e. The highest BCUT2D eigenvalue weighted by Gasteiger charge is 2.14. The van der Waals surface area contributed by atoms with E-state index in [-0.39, 0.29) is 0 Å². The molecule has 18 heavy (non-hydrogen) atoms. The van der Waals surface area contributed by atoms with E-state index in [1.54, 1.807) is 0 Å². The van der Waals surface area contributed by atoms with Gasteiger partial charge in [0.25, 0.3) is 0 Å². The molecular weight excluding hydrogens is 356 g/mol. The Balaban J connectivity index is 1.85. The third-order valence-electron chi connectivity index (χ3n) is 3.69. The van der Waals surface area contributed by atoms with Crippen molar-refractivity contribution in [2.45, 2.75) is 43.9 Å². The Bertz CT molecular complexity index is 373. The molecule has 1 saturated carbocycles. The molecule has 0 aliphatic heterocycles. The maximum absolute atomic E-state index is 5.98. The Hall–Kier alpha value is -0.0200. The Labute approximate surface area is 127 Å². The molecule has 1 aliphatic rings. The van der Waals surface area contributed by atoms with Crippen molar-refractivity contribution >= 4 is 31.9 Å². The van der Waals surface area contributed by atoms with Gasteiger partial charge in [-0.1, -0.05) is 60.2 Å². The number of halogens is 2. The number of hydrogen-bond donors (Lipinski definition) is 0. The van der Waals surface area contributed by atoms with Gasteiger partial charge >= 0.3 is 0 Å². The van der Waals surface area contributed by atoms with Gasteiger partial charge in [-0.3, -0.25) is 0 Å². The third-order valence-corrected chi connectivity index (χ3v) is 4.92. The monoisotopic (exact) mass is 374 g/mol. The van der Waals surface area contributed by atoms with E-state index in [0.29, 0.717) is 0 Å². The molecule has 1 aromatic carbocycles. The van der Waals surface area contributed by atoms with Gasteiger partial charge in [-0.2, -0.15) is 0 Å². The topological polar surface area (TPSA) is 9.23 Å². The second-order valence-corrected chi connectivity index (χ2v) is 6.42. The Kier molecular flexibility index (Phi) is 6.03. The zero-order valence-electron chi connectivity index (χ0n) is 10.6. The van der Waals surface area contributed by atoms with E-state index in [1.807, 2.05) is 6.07 Å². The summed E-state index contributed by atoms with van der Waals surface area (Å²) in [6, 6.07) is 6.20. The molecule has 1 aliphatic carbocycles. The molecule has 0 heterocycles. The highest BCUT2D eigenvalue weighted by molar-refractivity contribution is 9.10. The predicted octanol–water partition coefficient (Wildman–Crippen LogP) is 5.69. The first-order chi connectivity index (χ1) is 8.81. The summed E-state index contributed by atoms with van der Waals surface area (Å²) >= 11 is 7.08. The number of ether oxygens (including phenoxy) is 1. The number of alkyl halides is 1. The van der Waals surface area contributed by atoms with Crippen LogP contribution in [0, 0.1) is 5.92 Å². The summed E-state index contributed by atoms with van der Waals surface area (Å²) in [6.07, 6.45) is 8.23. The molecule has 0 bridgehead atoms. The Morgan fingerprint density at radius 1 is 1.17 bits per heavy atom. The summed E-state index contributed by atoms with van der Waals surface area (Å²) in [5, 5.41) is 0.838. The van der Waals surface area contributed by atoms with E-state index in [2.05, 4.69) is 44.0 Å². The summed E-state index contributed by atoms with van der Waals surface area (Å²) < 4.78 is 7.04. The molecular formula is C15H20Br2O. The van der Waals surface area contributed by atoms with Crippen LogP contribution in [0.5, 0.6) is 5.75 Å². The Morgan fingerprint density at radius 2 is 1.94 bits per heavy atom. The number of hydrogen-bond acceptors (Lipinski definition) is 1. The van der Waals surface area contributed by atoms with Crippen LogP contribution in [0.25, 0.3) is 0 Å². The minimum Gasteiger partial charge on any atom is -0.492 e. The summed E-state index contributed by atoms with van der Waals surface area (Å²) in [7, 11) is 0. The fourth-order valence-electron chi connectivity index (χ4n) is 2.62. The predicted molar refractivity (Wildman–Crippen MR) is 83.5 cm³/mol. The van der Waals surface area contributed by atoms with Crippen LogP contribution >= 0.6 is 31.9 Å². The molecule has 1 fully saturated rings. The van der Waals surface area contributed by atoms with Crippen LogP contribution in [-0.2, 0) is 5.33 Å². The highest BCUT2D eigenvalue weighted by Crippen LogP contribution is 2.32. The smallest absolute Gasteiger partial charge is 0.137 e. The van der Waals surface area contributed by atoms with Crippen LogP contribution in [-0.4, -0.2) is 6.61 Å². The van der Waals surface area contributed by atoms with Crippen LogP contribution in [0.4, 0.5) is 0 Å². The zero-order valence-corrected chi connectivity index (χ0v) is 13.8. The Morgan fingerprint density at radius 3 is 2.67 bits per heavy atom. The van der Waals surface area contributed by atoms with Crippen molar-refractivity contribution in [2.75, 3.05) is 6.61 Å². The number of rotatable bonds is 5. The van der Waals surface area contributed by atoms with E-state index in [1.165, 1.54) is 44.1 Å². The van der Waals surface area contributed by atoms with Gasteiger partial charge in [0, 0.05) is 10.9 Å². The van der Waals surface area contributed by atoms with Crippen LogP contribution < -0.4 is 4.74 Å².